The molecular weight excluding hydrogens is 254 g/mol. The van der Waals surface area contributed by atoms with Gasteiger partial charge in [0.25, 0.3) is 0 Å². The number of nitrogens with zero attached hydrogens (tertiary/aromatic N) is 1. The van der Waals surface area contributed by atoms with Crippen molar-refractivity contribution >= 4 is 17.3 Å². The van der Waals surface area contributed by atoms with Gasteiger partial charge in [-0.1, -0.05) is 6.42 Å². The van der Waals surface area contributed by atoms with Crippen molar-refractivity contribution in [3.63, 3.8) is 0 Å². The number of nitrogen functional groups attached to an aromatic ring is 1. The lowest BCUT2D eigenvalue weighted by atomic mass is 10.00. The molecule has 2 unspecified atom stereocenters. The highest BCUT2D eigenvalue weighted by Gasteiger charge is 2.25. The maximum Gasteiger partial charge on any atom is 0.337 e. The Morgan fingerprint density at radius 1 is 1.35 bits per heavy atom. The highest BCUT2D eigenvalue weighted by Crippen LogP contribution is 2.26. The molecule has 5 nitrogen and oxygen atoms in total. The third kappa shape index (κ3) is 3.04. The van der Waals surface area contributed by atoms with Crippen molar-refractivity contribution < 1.29 is 9.53 Å². The maximum atomic E-state index is 11.5. The van der Waals surface area contributed by atoms with E-state index in [1.807, 2.05) is 6.07 Å². The molecule has 1 fully saturated rings. The molecule has 3 N–H and O–H groups in total. The van der Waals surface area contributed by atoms with Crippen molar-refractivity contribution in [3.05, 3.63) is 23.8 Å². The fourth-order valence-electron chi connectivity index (χ4n) is 2.69. The van der Waals surface area contributed by atoms with Crippen molar-refractivity contribution in [2.24, 2.45) is 0 Å². The number of hydrazine groups is 1. The number of esters is 1. The second-order valence-electron chi connectivity index (χ2n) is 5.44. The van der Waals surface area contributed by atoms with E-state index in [9.17, 15) is 4.79 Å². The zero-order valence-corrected chi connectivity index (χ0v) is 12.3. The molecule has 1 heterocycles. The molecule has 2 atom stereocenters. The smallest absolute Gasteiger partial charge is 0.337 e. The number of ether oxygens (including phenoxy) is 1. The van der Waals surface area contributed by atoms with Gasteiger partial charge in [-0.2, -0.15) is 0 Å². The van der Waals surface area contributed by atoms with Gasteiger partial charge in [-0.05, 0) is 44.9 Å². The number of anilines is 2. The Morgan fingerprint density at radius 3 is 2.55 bits per heavy atom. The molecule has 2 rings (SSSR count). The van der Waals surface area contributed by atoms with Crippen molar-refractivity contribution in [2.75, 3.05) is 18.3 Å². The zero-order valence-electron chi connectivity index (χ0n) is 12.3. The van der Waals surface area contributed by atoms with E-state index in [-0.39, 0.29) is 5.97 Å². The Morgan fingerprint density at radius 2 is 2.00 bits per heavy atom. The van der Waals surface area contributed by atoms with E-state index in [2.05, 4.69) is 29.0 Å². The van der Waals surface area contributed by atoms with Crippen LogP contribution in [0.1, 0.15) is 43.5 Å². The van der Waals surface area contributed by atoms with Crippen LogP contribution in [0, 0.1) is 0 Å². The van der Waals surface area contributed by atoms with E-state index < -0.39 is 0 Å². The number of piperidine rings is 1. The molecule has 5 heteroatoms. The average molecular weight is 277 g/mol. The Kier molecular flexibility index (Phi) is 4.49. The third-order valence-electron chi connectivity index (χ3n) is 3.92. The molecule has 0 bridgehead atoms. The van der Waals surface area contributed by atoms with Crippen molar-refractivity contribution in [1.29, 1.82) is 0 Å². The van der Waals surface area contributed by atoms with Crippen LogP contribution < -0.4 is 11.2 Å². The van der Waals surface area contributed by atoms with Crippen LogP contribution in [0.4, 0.5) is 11.4 Å². The Bertz CT molecular complexity index is 480. The maximum absolute atomic E-state index is 11.5. The first kappa shape index (κ1) is 14.7. The highest BCUT2D eigenvalue weighted by atomic mass is 16.5. The summed E-state index contributed by atoms with van der Waals surface area (Å²) < 4.78 is 4.69. The van der Waals surface area contributed by atoms with E-state index in [0.717, 1.165) is 5.69 Å². The van der Waals surface area contributed by atoms with Crippen LogP contribution in [0.5, 0.6) is 0 Å². The molecule has 1 aromatic carbocycles. The number of nitrogens with one attached hydrogen (secondary N) is 1. The van der Waals surface area contributed by atoms with Gasteiger partial charge in [-0.25, -0.2) is 9.80 Å². The summed E-state index contributed by atoms with van der Waals surface area (Å²) in [5.41, 5.74) is 11.3. The van der Waals surface area contributed by atoms with E-state index >= 15 is 0 Å². The number of nitrogens with two attached hydrogens (primary N) is 1. The van der Waals surface area contributed by atoms with Gasteiger partial charge in [0.15, 0.2) is 0 Å². The number of carbonyl (C=O) groups is 1. The lowest BCUT2D eigenvalue weighted by Gasteiger charge is -2.39. The second-order valence-corrected chi connectivity index (χ2v) is 5.44. The van der Waals surface area contributed by atoms with Gasteiger partial charge >= 0.3 is 5.97 Å². The highest BCUT2D eigenvalue weighted by molar-refractivity contribution is 5.91. The van der Waals surface area contributed by atoms with Crippen LogP contribution in [0.2, 0.25) is 0 Å². The Hall–Kier alpha value is -1.75. The monoisotopic (exact) mass is 277 g/mol. The Labute approximate surface area is 120 Å². The number of hydrogen-bond acceptors (Lipinski definition) is 5. The topological polar surface area (TPSA) is 67.6 Å². The van der Waals surface area contributed by atoms with Gasteiger partial charge in [-0.3, -0.25) is 0 Å². The summed E-state index contributed by atoms with van der Waals surface area (Å²) in [6, 6.07) is 6.14. The third-order valence-corrected chi connectivity index (χ3v) is 3.92. The zero-order chi connectivity index (χ0) is 14.7. The standard InChI is InChI=1S/C15H23N3O2/c1-10-5-4-6-11(2)18(10)17-14-8-7-12(9-13(14)16)15(19)20-3/h7-11,17H,4-6,16H2,1-3H3. The van der Waals surface area contributed by atoms with Crippen LogP contribution in [-0.2, 0) is 4.74 Å². The molecule has 1 aliphatic rings. The first-order chi connectivity index (χ1) is 9.52. The summed E-state index contributed by atoms with van der Waals surface area (Å²) in [7, 11) is 1.36. The minimum absolute atomic E-state index is 0.372. The molecule has 110 valence electrons. The van der Waals surface area contributed by atoms with Gasteiger partial charge in [0.05, 0.1) is 24.0 Å². The number of hydrogen-bond donors (Lipinski definition) is 2. The quantitative estimate of drug-likeness (QED) is 0.656. The molecule has 0 aliphatic carbocycles. The fourth-order valence-corrected chi connectivity index (χ4v) is 2.69. The Balaban J connectivity index is 2.15. The van der Waals surface area contributed by atoms with E-state index in [4.69, 9.17) is 5.73 Å². The number of benzene rings is 1. The van der Waals surface area contributed by atoms with Gasteiger partial charge in [0.1, 0.15) is 0 Å². The predicted octanol–water partition coefficient (Wildman–Crippen LogP) is 2.65. The molecule has 1 aliphatic heterocycles. The van der Waals surface area contributed by atoms with Crippen molar-refractivity contribution in [1.82, 2.24) is 5.01 Å². The number of methoxy groups -OCH3 is 1. The summed E-state index contributed by atoms with van der Waals surface area (Å²) in [5.74, 6) is -0.372. The van der Waals surface area contributed by atoms with Gasteiger partial charge in [0, 0.05) is 12.1 Å². The van der Waals surface area contributed by atoms with Gasteiger partial charge < -0.3 is 15.9 Å². The van der Waals surface area contributed by atoms with Crippen LogP contribution in [0.25, 0.3) is 0 Å². The summed E-state index contributed by atoms with van der Waals surface area (Å²) in [6.07, 6.45) is 3.62. The van der Waals surface area contributed by atoms with Crippen LogP contribution in [-0.4, -0.2) is 30.2 Å². The molecule has 20 heavy (non-hydrogen) atoms. The van der Waals surface area contributed by atoms with Gasteiger partial charge in [-0.15, -0.1) is 0 Å². The summed E-state index contributed by atoms with van der Waals surface area (Å²) in [6.45, 7) is 4.42. The molecule has 0 amide bonds. The minimum Gasteiger partial charge on any atom is -0.465 e. The number of carbonyl (C=O) groups excluding carboxylic acids is 1. The molecule has 1 saturated heterocycles. The van der Waals surface area contributed by atoms with Crippen LogP contribution >= 0.6 is 0 Å². The normalized spacial score (nSPS) is 23.4. The molecule has 0 radical (unpaired) electrons. The molecular formula is C15H23N3O2. The van der Waals surface area contributed by atoms with E-state index in [1.54, 1.807) is 12.1 Å². The summed E-state index contributed by atoms with van der Waals surface area (Å²) in [4.78, 5) is 11.5. The molecule has 0 spiro atoms. The van der Waals surface area contributed by atoms with E-state index in [1.165, 1.54) is 26.4 Å². The largest absolute Gasteiger partial charge is 0.465 e. The summed E-state index contributed by atoms with van der Waals surface area (Å²) in [5, 5.41) is 2.24. The van der Waals surface area contributed by atoms with Crippen molar-refractivity contribution in [3.8, 4) is 0 Å². The van der Waals surface area contributed by atoms with Crippen LogP contribution in [0.15, 0.2) is 18.2 Å². The first-order valence-electron chi connectivity index (χ1n) is 7.05. The van der Waals surface area contributed by atoms with Crippen molar-refractivity contribution in [2.45, 2.75) is 45.2 Å². The fraction of sp³-hybridized carbons (Fsp3) is 0.533. The first-order valence-corrected chi connectivity index (χ1v) is 7.05. The van der Waals surface area contributed by atoms with Crippen LogP contribution in [0.3, 0.4) is 0 Å². The summed E-state index contributed by atoms with van der Waals surface area (Å²) >= 11 is 0. The number of rotatable bonds is 3. The lowest BCUT2D eigenvalue weighted by Crippen LogP contribution is -2.47. The molecule has 0 aromatic heterocycles. The van der Waals surface area contributed by atoms with Gasteiger partial charge in [0.2, 0.25) is 0 Å². The SMILES string of the molecule is COC(=O)c1ccc(NN2C(C)CCCC2C)c(N)c1. The lowest BCUT2D eigenvalue weighted by molar-refractivity contribution is 0.0601. The molecule has 0 saturated carbocycles. The predicted molar refractivity (Wildman–Crippen MR) is 80.4 cm³/mol. The van der Waals surface area contributed by atoms with E-state index in [0.29, 0.717) is 23.3 Å². The second kappa shape index (κ2) is 6.13. The minimum atomic E-state index is -0.372. The molecule has 1 aromatic rings. The average Bonchev–Trinajstić information content (AvgIpc) is 2.43.